The number of nitrogens with zero attached hydrogens (tertiary/aromatic N) is 1. The van der Waals surface area contributed by atoms with Crippen LogP contribution in [0.4, 0.5) is 17.6 Å². The normalized spacial score (nSPS) is 16.3. The van der Waals surface area contributed by atoms with Gasteiger partial charge in [0, 0.05) is 25.0 Å². The summed E-state index contributed by atoms with van der Waals surface area (Å²) < 4.78 is 51.8. The molecule has 0 N–H and O–H groups in total. The van der Waals surface area contributed by atoms with Crippen LogP contribution in [0.2, 0.25) is 0 Å². The molecule has 0 saturated heterocycles. The second-order valence-corrected chi connectivity index (χ2v) is 8.60. The SMILES string of the molecule is CC1(C)CN(Cc2ccc(F)cc2)Cc2cc(-c3ccc(C(F)(F)F)cc3)ccc21. The van der Waals surface area contributed by atoms with Crippen LogP contribution < -0.4 is 0 Å². The molecular formula is C25H23F4N. The van der Waals surface area contributed by atoms with Gasteiger partial charge in [0.15, 0.2) is 0 Å². The molecule has 3 aromatic rings. The highest BCUT2D eigenvalue weighted by molar-refractivity contribution is 5.66. The van der Waals surface area contributed by atoms with Crippen LogP contribution in [-0.2, 0) is 24.7 Å². The maximum atomic E-state index is 13.2. The van der Waals surface area contributed by atoms with Gasteiger partial charge < -0.3 is 0 Å². The van der Waals surface area contributed by atoms with Gasteiger partial charge in [-0.15, -0.1) is 0 Å². The van der Waals surface area contributed by atoms with Crippen LogP contribution in [0.5, 0.6) is 0 Å². The number of fused-ring (bicyclic) bond motifs is 1. The number of benzene rings is 3. The molecule has 0 amide bonds. The highest BCUT2D eigenvalue weighted by Crippen LogP contribution is 2.37. The fraction of sp³-hybridized carbons (Fsp3) is 0.280. The lowest BCUT2D eigenvalue weighted by molar-refractivity contribution is -0.137. The predicted molar refractivity (Wildman–Crippen MR) is 110 cm³/mol. The Morgan fingerprint density at radius 1 is 0.867 bits per heavy atom. The van der Waals surface area contributed by atoms with E-state index in [2.05, 4.69) is 30.9 Å². The van der Waals surface area contributed by atoms with Crippen molar-refractivity contribution < 1.29 is 17.6 Å². The van der Waals surface area contributed by atoms with Gasteiger partial charge >= 0.3 is 6.18 Å². The molecule has 1 nitrogen and oxygen atoms in total. The van der Waals surface area contributed by atoms with Crippen LogP contribution in [0.3, 0.4) is 0 Å². The topological polar surface area (TPSA) is 3.24 Å². The first-order chi connectivity index (χ1) is 14.1. The molecule has 1 aliphatic heterocycles. The molecule has 30 heavy (non-hydrogen) atoms. The molecule has 0 aromatic heterocycles. The van der Waals surface area contributed by atoms with Crippen LogP contribution in [-0.4, -0.2) is 11.4 Å². The summed E-state index contributed by atoms with van der Waals surface area (Å²) in [5, 5.41) is 0. The molecule has 0 fully saturated rings. The van der Waals surface area contributed by atoms with Gasteiger partial charge in [0.2, 0.25) is 0 Å². The van der Waals surface area contributed by atoms with Crippen molar-refractivity contribution in [2.24, 2.45) is 0 Å². The first-order valence-corrected chi connectivity index (χ1v) is 9.90. The van der Waals surface area contributed by atoms with Crippen molar-refractivity contribution in [3.05, 3.63) is 94.8 Å². The van der Waals surface area contributed by atoms with Gasteiger partial charge in [-0.05, 0) is 58.1 Å². The lowest BCUT2D eigenvalue weighted by Crippen LogP contribution is -2.41. The second kappa shape index (κ2) is 7.55. The molecule has 0 radical (unpaired) electrons. The maximum absolute atomic E-state index is 13.2. The van der Waals surface area contributed by atoms with E-state index in [1.807, 2.05) is 6.07 Å². The summed E-state index contributed by atoms with van der Waals surface area (Å²) in [6.07, 6.45) is -4.33. The zero-order valence-corrected chi connectivity index (χ0v) is 16.9. The van der Waals surface area contributed by atoms with Crippen LogP contribution in [0.25, 0.3) is 11.1 Å². The average molecular weight is 413 g/mol. The first kappa shape index (κ1) is 20.6. The lowest BCUT2D eigenvalue weighted by atomic mass is 9.77. The van der Waals surface area contributed by atoms with E-state index < -0.39 is 11.7 Å². The Kier molecular flexibility index (Phi) is 5.18. The van der Waals surface area contributed by atoms with E-state index in [9.17, 15) is 17.6 Å². The Labute approximate surface area is 174 Å². The smallest absolute Gasteiger partial charge is 0.294 e. The summed E-state index contributed by atoms with van der Waals surface area (Å²) in [4.78, 5) is 2.33. The Hall–Kier alpha value is -2.66. The zero-order valence-electron chi connectivity index (χ0n) is 16.9. The van der Waals surface area contributed by atoms with Crippen molar-refractivity contribution in [3.63, 3.8) is 0 Å². The summed E-state index contributed by atoms with van der Waals surface area (Å²) in [5.41, 5.74) is 4.44. The minimum absolute atomic E-state index is 0.0632. The molecule has 0 spiro atoms. The third-order valence-corrected chi connectivity index (χ3v) is 5.71. The van der Waals surface area contributed by atoms with Gasteiger partial charge in [-0.25, -0.2) is 4.39 Å². The number of hydrogen-bond acceptors (Lipinski definition) is 1. The van der Waals surface area contributed by atoms with Crippen molar-refractivity contribution in [2.75, 3.05) is 6.54 Å². The summed E-state index contributed by atoms with van der Waals surface area (Å²) in [6, 6.07) is 18.0. The first-order valence-electron chi connectivity index (χ1n) is 9.90. The van der Waals surface area contributed by atoms with Gasteiger partial charge in [0.25, 0.3) is 0 Å². The van der Waals surface area contributed by atoms with Crippen LogP contribution in [0.15, 0.2) is 66.7 Å². The van der Waals surface area contributed by atoms with E-state index in [0.717, 1.165) is 41.9 Å². The highest BCUT2D eigenvalue weighted by Gasteiger charge is 2.32. The highest BCUT2D eigenvalue weighted by atomic mass is 19.4. The predicted octanol–water partition coefficient (Wildman–Crippen LogP) is 6.80. The quantitative estimate of drug-likeness (QED) is 0.427. The molecule has 1 heterocycles. The largest absolute Gasteiger partial charge is 0.416 e. The van der Waals surface area contributed by atoms with E-state index in [-0.39, 0.29) is 11.2 Å². The molecule has 0 aliphatic carbocycles. The van der Waals surface area contributed by atoms with Crippen molar-refractivity contribution >= 4 is 0 Å². The van der Waals surface area contributed by atoms with Crippen LogP contribution >= 0.6 is 0 Å². The molecule has 0 unspecified atom stereocenters. The maximum Gasteiger partial charge on any atom is 0.416 e. The fourth-order valence-electron chi connectivity index (χ4n) is 4.32. The number of rotatable bonds is 3. The van der Waals surface area contributed by atoms with Gasteiger partial charge in [0.1, 0.15) is 5.82 Å². The van der Waals surface area contributed by atoms with Gasteiger partial charge in [-0.1, -0.05) is 50.2 Å². The molecule has 0 bridgehead atoms. The van der Waals surface area contributed by atoms with E-state index in [1.165, 1.54) is 35.4 Å². The van der Waals surface area contributed by atoms with E-state index in [0.29, 0.717) is 6.54 Å². The molecule has 4 rings (SSSR count). The second-order valence-electron chi connectivity index (χ2n) is 8.60. The van der Waals surface area contributed by atoms with E-state index in [4.69, 9.17) is 0 Å². The summed E-state index contributed by atoms with van der Waals surface area (Å²) in [6.45, 7) is 6.72. The Balaban J connectivity index is 1.61. The third-order valence-electron chi connectivity index (χ3n) is 5.71. The van der Waals surface area contributed by atoms with Crippen molar-refractivity contribution in [1.29, 1.82) is 0 Å². The van der Waals surface area contributed by atoms with Crippen molar-refractivity contribution in [2.45, 2.75) is 38.5 Å². The average Bonchev–Trinajstić information content (AvgIpc) is 2.68. The van der Waals surface area contributed by atoms with Gasteiger partial charge in [0.05, 0.1) is 5.56 Å². The molecule has 1 aliphatic rings. The molecule has 0 atom stereocenters. The summed E-state index contributed by atoms with van der Waals surface area (Å²) >= 11 is 0. The zero-order chi connectivity index (χ0) is 21.5. The van der Waals surface area contributed by atoms with E-state index >= 15 is 0 Å². The van der Waals surface area contributed by atoms with Crippen molar-refractivity contribution in [1.82, 2.24) is 4.90 Å². The summed E-state index contributed by atoms with van der Waals surface area (Å²) in [7, 11) is 0. The van der Waals surface area contributed by atoms with Crippen LogP contribution in [0.1, 0.15) is 36.1 Å². The number of alkyl halides is 3. The molecule has 0 saturated carbocycles. The number of hydrogen-bond donors (Lipinski definition) is 0. The minimum atomic E-state index is -4.33. The third kappa shape index (κ3) is 4.26. The lowest BCUT2D eigenvalue weighted by Gasteiger charge is -2.40. The standard InChI is InChI=1S/C25H23F4N/c1-24(2)16-30(14-17-3-10-22(26)11-4-17)15-20-13-19(7-12-23(20)24)18-5-8-21(9-6-18)25(27,28)29/h3-13H,14-16H2,1-2H3. The minimum Gasteiger partial charge on any atom is -0.294 e. The Bertz CT molecular complexity index is 1030. The Morgan fingerprint density at radius 3 is 2.13 bits per heavy atom. The Morgan fingerprint density at radius 2 is 1.50 bits per heavy atom. The monoisotopic (exact) mass is 413 g/mol. The number of halogens is 4. The van der Waals surface area contributed by atoms with E-state index in [1.54, 1.807) is 12.1 Å². The molecular weight excluding hydrogens is 390 g/mol. The molecule has 156 valence electrons. The molecule has 3 aromatic carbocycles. The fourth-order valence-corrected chi connectivity index (χ4v) is 4.32. The summed E-state index contributed by atoms with van der Waals surface area (Å²) in [5.74, 6) is -0.246. The van der Waals surface area contributed by atoms with Crippen molar-refractivity contribution in [3.8, 4) is 11.1 Å². The van der Waals surface area contributed by atoms with Crippen LogP contribution in [0, 0.1) is 5.82 Å². The van der Waals surface area contributed by atoms with Gasteiger partial charge in [-0.3, -0.25) is 4.90 Å². The van der Waals surface area contributed by atoms with Gasteiger partial charge in [-0.2, -0.15) is 13.2 Å². The molecule has 5 heteroatoms.